The first-order valence-electron chi connectivity index (χ1n) is 7.26. The van der Waals surface area contributed by atoms with Gasteiger partial charge in [-0.1, -0.05) is 61.5 Å². The van der Waals surface area contributed by atoms with Gasteiger partial charge < -0.3 is 10.1 Å². The lowest BCUT2D eigenvalue weighted by Gasteiger charge is -2.13. The van der Waals surface area contributed by atoms with Crippen LogP contribution in [0.25, 0.3) is 11.1 Å². The van der Waals surface area contributed by atoms with Gasteiger partial charge in [-0.05, 0) is 29.5 Å². The molecule has 110 valence electrons. The predicted octanol–water partition coefficient (Wildman–Crippen LogP) is 4.20. The Hall–Kier alpha value is -2.29. The Morgan fingerprint density at radius 1 is 1.05 bits per heavy atom. The summed E-state index contributed by atoms with van der Waals surface area (Å²) in [4.78, 5) is 11.3. The number of alkyl carbamates (subject to hydrolysis) is 1. The van der Waals surface area contributed by atoms with Crippen molar-refractivity contribution in [2.75, 3.05) is 13.2 Å². The van der Waals surface area contributed by atoms with E-state index in [1.165, 1.54) is 16.7 Å². The number of carbonyl (C=O) groups is 1. The molecule has 3 heteroatoms. The lowest BCUT2D eigenvalue weighted by atomic mass is 9.97. The normalized spacial score (nSPS) is 11.7. The van der Waals surface area contributed by atoms with Gasteiger partial charge in [0.25, 0.3) is 0 Å². The maximum Gasteiger partial charge on any atom is 0.407 e. The van der Waals surface area contributed by atoms with E-state index in [1.807, 2.05) is 18.2 Å². The summed E-state index contributed by atoms with van der Waals surface area (Å²) in [6, 6.07) is 18.7. The topological polar surface area (TPSA) is 38.3 Å². The second-order valence-electron chi connectivity index (χ2n) is 4.99. The summed E-state index contributed by atoms with van der Waals surface area (Å²) in [6.45, 7) is 4.85. The summed E-state index contributed by atoms with van der Waals surface area (Å²) in [5.74, 6) is 0.249. The molecule has 0 aromatic heterocycles. The minimum atomic E-state index is -0.356. The number of hydrogen-bond acceptors (Lipinski definition) is 2. The first-order valence-corrected chi connectivity index (χ1v) is 7.26. The average molecular weight is 283 g/mol. The Labute approximate surface area is 126 Å². The van der Waals surface area contributed by atoms with Crippen LogP contribution in [0, 0.1) is 0 Å². The van der Waals surface area contributed by atoms with Crippen LogP contribution in [0.3, 0.4) is 0 Å². The van der Waals surface area contributed by atoms with Crippen molar-refractivity contribution in [3.8, 4) is 11.1 Å². The smallest absolute Gasteiger partial charge is 0.407 e. The van der Waals surface area contributed by atoms with Crippen LogP contribution in [0.5, 0.6) is 0 Å². The van der Waals surface area contributed by atoms with E-state index in [2.05, 4.69) is 48.6 Å². The minimum Gasteiger partial charge on any atom is -0.450 e. The molecule has 1 unspecified atom stereocenters. The van der Waals surface area contributed by atoms with Gasteiger partial charge in [0, 0.05) is 6.54 Å². The van der Waals surface area contributed by atoms with Gasteiger partial charge in [-0.15, -0.1) is 0 Å². The Morgan fingerprint density at radius 2 is 1.67 bits per heavy atom. The first kappa shape index (κ1) is 15.1. The van der Waals surface area contributed by atoms with Crippen LogP contribution in [-0.2, 0) is 4.74 Å². The molecule has 0 saturated heterocycles. The molecule has 3 nitrogen and oxygen atoms in total. The Balaban J connectivity index is 1.97. The predicted molar refractivity (Wildman–Crippen MR) is 85.3 cm³/mol. The van der Waals surface area contributed by atoms with Gasteiger partial charge in [-0.3, -0.25) is 0 Å². The lowest BCUT2D eigenvalue weighted by molar-refractivity contribution is 0.151. The van der Waals surface area contributed by atoms with Crippen molar-refractivity contribution >= 4 is 6.09 Å². The molecular formula is C18H21NO2. The second-order valence-corrected chi connectivity index (χ2v) is 4.99. The summed E-state index contributed by atoms with van der Waals surface area (Å²) < 4.78 is 4.86. The Morgan fingerprint density at radius 3 is 2.29 bits per heavy atom. The standard InChI is InChI=1S/C18H21NO2/c1-3-21-18(20)19-13-14(2)15-9-11-17(12-10-15)16-7-5-4-6-8-16/h4-12,14H,3,13H2,1-2H3,(H,19,20). The van der Waals surface area contributed by atoms with Crippen molar-refractivity contribution in [1.82, 2.24) is 5.32 Å². The van der Waals surface area contributed by atoms with Crippen LogP contribution in [0.4, 0.5) is 4.79 Å². The van der Waals surface area contributed by atoms with Crippen LogP contribution in [0.2, 0.25) is 0 Å². The quantitative estimate of drug-likeness (QED) is 0.893. The van der Waals surface area contributed by atoms with E-state index in [0.717, 1.165) is 0 Å². The molecule has 0 saturated carbocycles. The molecule has 2 rings (SSSR count). The van der Waals surface area contributed by atoms with E-state index in [9.17, 15) is 4.79 Å². The Kier molecular flexibility index (Phi) is 5.38. The number of nitrogens with one attached hydrogen (secondary N) is 1. The van der Waals surface area contributed by atoms with Crippen LogP contribution in [0.15, 0.2) is 54.6 Å². The molecule has 0 spiro atoms. The molecule has 21 heavy (non-hydrogen) atoms. The molecule has 0 bridgehead atoms. The van der Waals surface area contributed by atoms with E-state index < -0.39 is 0 Å². The summed E-state index contributed by atoms with van der Waals surface area (Å²) in [7, 11) is 0. The molecule has 1 atom stereocenters. The van der Waals surface area contributed by atoms with Gasteiger partial charge in [0.05, 0.1) is 6.61 Å². The number of carbonyl (C=O) groups excluding carboxylic acids is 1. The summed E-state index contributed by atoms with van der Waals surface area (Å²) in [5.41, 5.74) is 3.61. The average Bonchev–Trinajstić information content (AvgIpc) is 2.54. The van der Waals surface area contributed by atoms with Crippen molar-refractivity contribution < 1.29 is 9.53 Å². The van der Waals surface area contributed by atoms with Gasteiger partial charge in [-0.25, -0.2) is 4.79 Å². The van der Waals surface area contributed by atoms with E-state index in [0.29, 0.717) is 13.2 Å². The second kappa shape index (κ2) is 7.48. The lowest BCUT2D eigenvalue weighted by Crippen LogP contribution is -2.28. The fourth-order valence-corrected chi connectivity index (χ4v) is 2.17. The molecule has 0 radical (unpaired) electrons. The molecular weight excluding hydrogens is 262 g/mol. The molecule has 0 heterocycles. The monoisotopic (exact) mass is 283 g/mol. The third-order valence-electron chi connectivity index (χ3n) is 3.41. The van der Waals surface area contributed by atoms with Gasteiger partial charge in [0.15, 0.2) is 0 Å². The third-order valence-corrected chi connectivity index (χ3v) is 3.41. The van der Waals surface area contributed by atoms with Crippen molar-refractivity contribution in [3.63, 3.8) is 0 Å². The zero-order chi connectivity index (χ0) is 15.1. The number of hydrogen-bond donors (Lipinski definition) is 1. The minimum absolute atomic E-state index is 0.249. The SMILES string of the molecule is CCOC(=O)NCC(C)c1ccc(-c2ccccc2)cc1. The summed E-state index contributed by atoms with van der Waals surface area (Å²) >= 11 is 0. The van der Waals surface area contributed by atoms with Crippen LogP contribution in [0.1, 0.15) is 25.3 Å². The van der Waals surface area contributed by atoms with Crippen LogP contribution in [-0.4, -0.2) is 19.2 Å². The number of benzene rings is 2. The van der Waals surface area contributed by atoms with Gasteiger partial charge in [-0.2, -0.15) is 0 Å². The first-order chi connectivity index (χ1) is 10.2. The van der Waals surface area contributed by atoms with E-state index in [-0.39, 0.29) is 12.0 Å². The highest BCUT2D eigenvalue weighted by atomic mass is 16.5. The van der Waals surface area contributed by atoms with Gasteiger partial charge in [0.1, 0.15) is 0 Å². The summed E-state index contributed by atoms with van der Waals surface area (Å²) in [6.07, 6.45) is -0.356. The molecule has 1 N–H and O–H groups in total. The molecule has 0 aliphatic carbocycles. The number of rotatable bonds is 5. The maximum absolute atomic E-state index is 11.3. The zero-order valence-corrected chi connectivity index (χ0v) is 12.5. The van der Waals surface area contributed by atoms with Crippen LogP contribution < -0.4 is 5.32 Å². The highest BCUT2D eigenvalue weighted by molar-refractivity contribution is 5.67. The molecule has 1 amide bonds. The number of amides is 1. The highest BCUT2D eigenvalue weighted by Crippen LogP contribution is 2.22. The summed E-state index contributed by atoms with van der Waals surface area (Å²) in [5, 5.41) is 2.77. The molecule has 2 aromatic rings. The van der Waals surface area contributed by atoms with Crippen molar-refractivity contribution in [2.45, 2.75) is 19.8 Å². The van der Waals surface area contributed by atoms with Crippen molar-refractivity contribution in [3.05, 3.63) is 60.2 Å². The third kappa shape index (κ3) is 4.35. The van der Waals surface area contributed by atoms with E-state index in [1.54, 1.807) is 6.92 Å². The van der Waals surface area contributed by atoms with Crippen molar-refractivity contribution in [2.24, 2.45) is 0 Å². The Bertz CT molecular complexity index is 564. The van der Waals surface area contributed by atoms with Gasteiger partial charge >= 0.3 is 6.09 Å². The zero-order valence-electron chi connectivity index (χ0n) is 12.5. The molecule has 0 aliphatic rings. The molecule has 0 fully saturated rings. The fraction of sp³-hybridized carbons (Fsp3) is 0.278. The van der Waals surface area contributed by atoms with E-state index >= 15 is 0 Å². The molecule has 2 aromatic carbocycles. The van der Waals surface area contributed by atoms with E-state index in [4.69, 9.17) is 4.74 Å². The fourth-order valence-electron chi connectivity index (χ4n) is 2.17. The van der Waals surface area contributed by atoms with Crippen molar-refractivity contribution in [1.29, 1.82) is 0 Å². The maximum atomic E-state index is 11.3. The molecule has 0 aliphatic heterocycles. The number of ether oxygens (including phenoxy) is 1. The largest absolute Gasteiger partial charge is 0.450 e. The van der Waals surface area contributed by atoms with Gasteiger partial charge in [0.2, 0.25) is 0 Å². The highest BCUT2D eigenvalue weighted by Gasteiger charge is 2.08. The van der Waals surface area contributed by atoms with Crippen LogP contribution >= 0.6 is 0 Å².